The Bertz CT molecular complexity index is 717. The average molecular weight is 496 g/mol. The number of amides is 1. The van der Waals surface area contributed by atoms with Crippen molar-refractivity contribution in [1.82, 2.24) is 9.80 Å². The van der Waals surface area contributed by atoms with E-state index < -0.39 is 0 Å². The molecule has 4 rings (SSSR count). The molecule has 3 aliphatic rings. The third-order valence-electron chi connectivity index (χ3n) is 7.15. The van der Waals surface area contributed by atoms with Gasteiger partial charge in [-0.05, 0) is 87.8 Å². The van der Waals surface area contributed by atoms with Crippen LogP contribution in [0.1, 0.15) is 56.9 Å². The fraction of sp³-hybridized carbons (Fsp3) is 0.708. The highest BCUT2D eigenvalue weighted by Gasteiger charge is 2.35. The summed E-state index contributed by atoms with van der Waals surface area (Å²) in [6, 6.07) is 6.80. The van der Waals surface area contributed by atoms with Gasteiger partial charge in [-0.15, -0.1) is 0 Å². The van der Waals surface area contributed by atoms with E-state index in [0.717, 1.165) is 37.6 Å². The quantitative estimate of drug-likeness (QED) is 0.467. The molecule has 0 radical (unpaired) electrons. The van der Waals surface area contributed by atoms with Gasteiger partial charge >= 0.3 is 0 Å². The summed E-state index contributed by atoms with van der Waals surface area (Å²) in [5.41, 5.74) is 1.36. The SMILES string of the molecule is COc1ccc(Br)c(CC2CCN(CCC3CN(C4CCCCC4)C(=O)S3)CC2)c1. The van der Waals surface area contributed by atoms with Crippen LogP contribution in [0.15, 0.2) is 22.7 Å². The normalized spacial score (nSPS) is 24.5. The van der Waals surface area contributed by atoms with Gasteiger partial charge in [0.25, 0.3) is 5.24 Å². The largest absolute Gasteiger partial charge is 0.497 e. The van der Waals surface area contributed by atoms with Gasteiger partial charge in [-0.2, -0.15) is 0 Å². The molecule has 1 saturated carbocycles. The molecule has 166 valence electrons. The molecule has 0 aromatic heterocycles. The molecular formula is C24H35BrN2O2S. The number of thioether (sulfide) groups is 1. The maximum absolute atomic E-state index is 12.5. The van der Waals surface area contributed by atoms with E-state index >= 15 is 0 Å². The summed E-state index contributed by atoms with van der Waals surface area (Å²) in [7, 11) is 1.73. The van der Waals surface area contributed by atoms with Gasteiger partial charge in [0.15, 0.2) is 0 Å². The van der Waals surface area contributed by atoms with E-state index in [-0.39, 0.29) is 0 Å². The Morgan fingerprint density at radius 2 is 1.90 bits per heavy atom. The highest BCUT2D eigenvalue weighted by atomic mass is 79.9. The summed E-state index contributed by atoms with van der Waals surface area (Å²) < 4.78 is 6.58. The summed E-state index contributed by atoms with van der Waals surface area (Å²) >= 11 is 5.31. The highest BCUT2D eigenvalue weighted by molar-refractivity contribution is 9.10. The van der Waals surface area contributed by atoms with Crippen molar-refractivity contribution in [2.45, 2.75) is 69.1 Å². The van der Waals surface area contributed by atoms with E-state index in [1.165, 1.54) is 68.1 Å². The lowest BCUT2D eigenvalue weighted by Gasteiger charge is -2.33. The third kappa shape index (κ3) is 5.74. The van der Waals surface area contributed by atoms with E-state index in [9.17, 15) is 4.79 Å². The first-order valence-electron chi connectivity index (χ1n) is 11.6. The summed E-state index contributed by atoms with van der Waals surface area (Å²) in [5.74, 6) is 1.69. The minimum Gasteiger partial charge on any atom is -0.497 e. The molecule has 2 aliphatic heterocycles. The Labute approximate surface area is 194 Å². The molecule has 1 amide bonds. The van der Waals surface area contributed by atoms with E-state index in [4.69, 9.17) is 4.74 Å². The number of methoxy groups -OCH3 is 1. The maximum atomic E-state index is 12.5. The van der Waals surface area contributed by atoms with Crippen LogP contribution in [0.5, 0.6) is 5.75 Å². The molecule has 30 heavy (non-hydrogen) atoms. The van der Waals surface area contributed by atoms with Crippen molar-refractivity contribution in [2.75, 3.05) is 33.3 Å². The number of carbonyl (C=O) groups is 1. The van der Waals surface area contributed by atoms with Crippen LogP contribution in [-0.4, -0.2) is 59.6 Å². The molecule has 3 fully saturated rings. The van der Waals surface area contributed by atoms with Crippen molar-refractivity contribution >= 4 is 32.9 Å². The molecule has 1 aromatic carbocycles. The molecule has 0 bridgehead atoms. The zero-order chi connectivity index (χ0) is 20.9. The number of halogens is 1. The second-order valence-electron chi connectivity index (χ2n) is 9.19. The van der Waals surface area contributed by atoms with Crippen molar-refractivity contribution in [1.29, 1.82) is 0 Å². The van der Waals surface area contributed by atoms with E-state index in [1.807, 2.05) is 6.07 Å². The van der Waals surface area contributed by atoms with Gasteiger partial charge in [-0.3, -0.25) is 4.79 Å². The van der Waals surface area contributed by atoms with E-state index in [1.54, 1.807) is 18.9 Å². The van der Waals surface area contributed by atoms with Gasteiger partial charge in [-0.25, -0.2) is 0 Å². The Morgan fingerprint density at radius 3 is 2.63 bits per heavy atom. The van der Waals surface area contributed by atoms with Crippen LogP contribution in [0.2, 0.25) is 0 Å². The maximum Gasteiger partial charge on any atom is 0.282 e. The van der Waals surface area contributed by atoms with Crippen molar-refractivity contribution in [2.24, 2.45) is 5.92 Å². The number of carbonyl (C=O) groups excluding carboxylic acids is 1. The minimum absolute atomic E-state index is 0.342. The molecule has 2 heterocycles. The standard InChI is InChI=1S/C24H35BrN2O2S/c1-29-21-7-8-23(25)19(16-21)15-18-9-12-26(13-10-18)14-11-22-17-27(24(28)30-22)20-5-3-2-4-6-20/h7-8,16,18,20,22H,2-6,9-15,17H2,1H3. The summed E-state index contributed by atoms with van der Waals surface area (Å²) in [5, 5.41) is 0.833. The zero-order valence-corrected chi connectivity index (χ0v) is 20.6. The van der Waals surface area contributed by atoms with Crippen LogP contribution < -0.4 is 4.74 Å². The van der Waals surface area contributed by atoms with E-state index in [2.05, 4.69) is 37.9 Å². The molecule has 0 spiro atoms. The Balaban J connectivity index is 1.19. The topological polar surface area (TPSA) is 32.8 Å². The van der Waals surface area contributed by atoms with Crippen LogP contribution in [-0.2, 0) is 6.42 Å². The van der Waals surface area contributed by atoms with Crippen LogP contribution in [0.4, 0.5) is 4.79 Å². The predicted octanol–water partition coefficient (Wildman–Crippen LogP) is 5.97. The van der Waals surface area contributed by atoms with E-state index in [0.29, 0.717) is 16.5 Å². The monoisotopic (exact) mass is 494 g/mol. The highest BCUT2D eigenvalue weighted by Crippen LogP contribution is 2.34. The Morgan fingerprint density at radius 1 is 1.13 bits per heavy atom. The number of ether oxygens (including phenoxy) is 1. The van der Waals surface area contributed by atoms with Gasteiger partial charge in [0.05, 0.1) is 7.11 Å². The smallest absolute Gasteiger partial charge is 0.282 e. The summed E-state index contributed by atoms with van der Waals surface area (Å²) in [6.07, 6.45) is 11.2. The third-order valence-corrected chi connectivity index (χ3v) is 9.08. The molecule has 0 N–H and O–H groups in total. The Hall–Kier alpha value is -0.720. The van der Waals surface area contributed by atoms with Crippen LogP contribution in [0.3, 0.4) is 0 Å². The average Bonchev–Trinajstić information content (AvgIpc) is 3.16. The Kier molecular flexibility index (Phi) is 8.04. The van der Waals surface area contributed by atoms with Crippen molar-refractivity contribution in [3.8, 4) is 5.75 Å². The summed E-state index contributed by atoms with van der Waals surface area (Å²) in [4.78, 5) is 17.3. The molecule has 1 unspecified atom stereocenters. The fourth-order valence-corrected chi connectivity index (χ4v) is 6.78. The number of nitrogens with zero attached hydrogens (tertiary/aromatic N) is 2. The lowest BCUT2D eigenvalue weighted by Crippen LogP contribution is -2.38. The number of benzene rings is 1. The minimum atomic E-state index is 0.342. The number of likely N-dealkylation sites (tertiary alicyclic amines) is 1. The molecule has 1 aliphatic carbocycles. The molecule has 1 aromatic rings. The number of piperidine rings is 1. The van der Waals surface area contributed by atoms with Crippen molar-refractivity contribution in [3.63, 3.8) is 0 Å². The molecular weight excluding hydrogens is 460 g/mol. The molecule has 6 heteroatoms. The fourth-order valence-electron chi connectivity index (χ4n) is 5.27. The number of hydrogen-bond donors (Lipinski definition) is 0. The van der Waals surface area contributed by atoms with Gasteiger partial charge < -0.3 is 14.5 Å². The summed E-state index contributed by atoms with van der Waals surface area (Å²) in [6.45, 7) is 4.49. The first kappa shape index (κ1) is 22.5. The molecule has 1 atom stereocenters. The first-order valence-corrected chi connectivity index (χ1v) is 13.3. The number of hydrogen-bond acceptors (Lipinski definition) is 4. The van der Waals surface area contributed by atoms with Crippen molar-refractivity contribution < 1.29 is 9.53 Å². The zero-order valence-electron chi connectivity index (χ0n) is 18.2. The van der Waals surface area contributed by atoms with Gasteiger partial charge in [-0.1, -0.05) is 47.0 Å². The van der Waals surface area contributed by atoms with Crippen LogP contribution in [0, 0.1) is 5.92 Å². The van der Waals surface area contributed by atoms with Gasteiger partial charge in [0, 0.05) is 22.3 Å². The predicted molar refractivity (Wildman–Crippen MR) is 129 cm³/mol. The first-order chi connectivity index (χ1) is 14.6. The number of rotatable bonds is 7. The second-order valence-corrected chi connectivity index (χ2v) is 11.3. The van der Waals surface area contributed by atoms with Crippen LogP contribution in [0.25, 0.3) is 0 Å². The van der Waals surface area contributed by atoms with Crippen LogP contribution >= 0.6 is 27.7 Å². The van der Waals surface area contributed by atoms with Crippen molar-refractivity contribution in [3.05, 3.63) is 28.2 Å². The van der Waals surface area contributed by atoms with Gasteiger partial charge in [0.2, 0.25) is 0 Å². The second kappa shape index (κ2) is 10.7. The lowest BCUT2D eigenvalue weighted by atomic mass is 9.90. The van der Waals surface area contributed by atoms with Gasteiger partial charge in [0.1, 0.15) is 5.75 Å². The lowest BCUT2D eigenvalue weighted by molar-refractivity contribution is 0.171. The molecule has 4 nitrogen and oxygen atoms in total. The molecule has 2 saturated heterocycles.